The Bertz CT molecular complexity index is 1180. The number of nitrogens with one attached hydrogen (secondary N) is 1. The van der Waals surface area contributed by atoms with E-state index in [0.717, 1.165) is 5.56 Å². The molecular weight excluding hydrogens is 444 g/mol. The lowest BCUT2D eigenvalue weighted by Crippen LogP contribution is -2.44. The van der Waals surface area contributed by atoms with Gasteiger partial charge in [-0.3, -0.25) is 9.59 Å². The topological polar surface area (TPSA) is 77.1 Å². The number of nitrogens with zero attached hydrogens (tertiary/aromatic N) is 1. The molecule has 0 radical (unpaired) electrons. The summed E-state index contributed by atoms with van der Waals surface area (Å²) >= 11 is 6.11. The molecule has 3 aromatic rings. The first-order chi connectivity index (χ1) is 15.9. The lowest BCUT2D eigenvalue weighted by atomic mass is 10.1. The van der Waals surface area contributed by atoms with Gasteiger partial charge < -0.3 is 24.4 Å². The highest BCUT2D eigenvalue weighted by atomic mass is 35.5. The zero-order chi connectivity index (χ0) is 23.4. The molecule has 1 aliphatic rings. The molecule has 33 heavy (non-hydrogen) atoms. The fourth-order valence-electron chi connectivity index (χ4n) is 3.50. The Hall–Kier alpha value is -3.71. The van der Waals surface area contributed by atoms with Gasteiger partial charge in [-0.1, -0.05) is 29.8 Å². The van der Waals surface area contributed by atoms with Gasteiger partial charge in [0, 0.05) is 16.8 Å². The van der Waals surface area contributed by atoms with Gasteiger partial charge in [-0.2, -0.15) is 0 Å². The van der Waals surface area contributed by atoms with E-state index in [1.807, 2.05) is 18.2 Å². The van der Waals surface area contributed by atoms with Crippen LogP contribution in [-0.4, -0.2) is 31.6 Å². The van der Waals surface area contributed by atoms with Crippen LogP contribution in [0, 0.1) is 0 Å². The summed E-state index contributed by atoms with van der Waals surface area (Å²) < 4.78 is 16.5. The van der Waals surface area contributed by atoms with Gasteiger partial charge in [0.25, 0.3) is 11.8 Å². The molecular formula is C25H23ClN2O5. The maximum absolute atomic E-state index is 12.9. The van der Waals surface area contributed by atoms with E-state index in [9.17, 15) is 9.59 Å². The summed E-state index contributed by atoms with van der Waals surface area (Å²) in [5.74, 6) is 1.22. The fourth-order valence-corrected chi connectivity index (χ4v) is 3.72. The average molecular weight is 467 g/mol. The van der Waals surface area contributed by atoms with E-state index >= 15 is 0 Å². The molecule has 1 heterocycles. The number of amides is 2. The van der Waals surface area contributed by atoms with Crippen molar-refractivity contribution in [2.75, 3.05) is 23.9 Å². The first-order valence-electron chi connectivity index (χ1n) is 10.4. The molecule has 0 aromatic heterocycles. The van der Waals surface area contributed by atoms with Gasteiger partial charge in [-0.05, 0) is 55.0 Å². The van der Waals surface area contributed by atoms with Gasteiger partial charge in [0.05, 0.1) is 19.3 Å². The van der Waals surface area contributed by atoms with Gasteiger partial charge in [-0.25, -0.2) is 0 Å². The third-order valence-corrected chi connectivity index (χ3v) is 5.33. The van der Waals surface area contributed by atoms with Crippen molar-refractivity contribution in [3.8, 4) is 17.2 Å². The molecule has 2 amide bonds. The van der Waals surface area contributed by atoms with Crippen molar-refractivity contribution in [3.05, 3.63) is 77.3 Å². The van der Waals surface area contributed by atoms with E-state index in [-0.39, 0.29) is 18.4 Å². The van der Waals surface area contributed by atoms with Crippen molar-refractivity contribution >= 4 is 34.8 Å². The molecule has 1 atom stereocenters. The largest absolute Gasteiger partial charge is 0.497 e. The lowest BCUT2D eigenvalue weighted by Gasteiger charge is -2.33. The fraction of sp³-hybridized carbons (Fsp3) is 0.200. The van der Waals surface area contributed by atoms with Crippen LogP contribution in [0.15, 0.2) is 66.7 Å². The van der Waals surface area contributed by atoms with Crippen LogP contribution in [-0.2, 0) is 16.1 Å². The normalized spacial score (nSPS) is 14.8. The molecule has 1 unspecified atom stereocenters. The summed E-state index contributed by atoms with van der Waals surface area (Å²) in [6.45, 7) is 1.86. The van der Waals surface area contributed by atoms with Crippen LogP contribution in [0.4, 0.5) is 11.4 Å². The van der Waals surface area contributed by atoms with Gasteiger partial charge in [-0.15, -0.1) is 0 Å². The smallest absolute Gasteiger partial charge is 0.268 e. The molecule has 1 N–H and O–H groups in total. The third-order valence-electron chi connectivity index (χ3n) is 5.09. The average Bonchev–Trinajstić information content (AvgIpc) is 2.81. The van der Waals surface area contributed by atoms with Crippen LogP contribution in [0.1, 0.15) is 12.5 Å². The quantitative estimate of drug-likeness (QED) is 0.547. The zero-order valence-electron chi connectivity index (χ0n) is 18.2. The summed E-state index contributed by atoms with van der Waals surface area (Å²) in [7, 11) is 1.56. The van der Waals surface area contributed by atoms with E-state index in [0.29, 0.717) is 40.2 Å². The number of ether oxygens (including phenoxy) is 3. The molecule has 3 aromatic carbocycles. The number of benzene rings is 3. The van der Waals surface area contributed by atoms with Crippen molar-refractivity contribution in [3.63, 3.8) is 0 Å². The van der Waals surface area contributed by atoms with E-state index in [4.69, 9.17) is 25.8 Å². The number of fused-ring (bicyclic) bond motifs is 1. The minimum Gasteiger partial charge on any atom is -0.497 e. The predicted molar refractivity (Wildman–Crippen MR) is 126 cm³/mol. The summed E-state index contributed by atoms with van der Waals surface area (Å²) in [4.78, 5) is 27.0. The highest BCUT2D eigenvalue weighted by Crippen LogP contribution is 2.37. The SMILES string of the molecule is COc1cccc(OCC(=O)Nc2ccc3c(c2)N(Cc2cccc(Cl)c2)C(=O)C(C)O3)c1. The second-order valence-electron chi connectivity index (χ2n) is 7.51. The maximum Gasteiger partial charge on any atom is 0.268 e. The van der Waals surface area contributed by atoms with Gasteiger partial charge >= 0.3 is 0 Å². The van der Waals surface area contributed by atoms with Gasteiger partial charge in [0.2, 0.25) is 0 Å². The number of methoxy groups -OCH3 is 1. The highest BCUT2D eigenvalue weighted by Gasteiger charge is 2.32. The van der Waals surface area contributed by atoms with Crippen molar-refractivity contribution < 1.29 is 23.8 Å². The molecule has 1 aliphatic heterocycles. The number of rotatable bonds is 7. The highest BCUT2D eigenvalue weighted by molar-refractivity contribution is 6.30. The second kappa shape index (κ2) is 9.83. The van der Waals surface area contributed by atoms with Crippen LogP contribution in [0.3, 0.4) is 0 Å². The first-order valence-corrected chi connectivity index (χ1v) is 10.7. The molecule has 4 rings (SSSR count). The molecule has 0 spiro atoms. The molecule has 0 saturated heterocycles. The Balaban J connectivity index is 1.49. The molecule has 8 heteroatoms. The van der Waals surface area contributed by atoms with Crippen LogP contribution in [0.2, 0.25) is 5.02 Å². The molecule has 0 saturated carbocycles. The number of halogens is 1. The van der Waals surface area contributed by atoms with Crippen molar-refractivity contribution in [2.45, 2.75) is 19.6 Å². The van der Waals surface area contributed by atoms with E-state index in [2.05, 4.69) is 5.32 Å². The summed E-state index contributed by atoms with van der Waals surface area (Å²) in [6, 6.07) is 19.5. The zero-order valence-corrected chi connectivity index (χ0v) is 19.0. The minimum atomic E-state index is -0.617. The van der Waals surface area contributed by atoms with Gasteiger partial charge in [0.15, 0.2) is 12.7 Å². The molecule has 0 bridgehead atoms. The van der Waals surface area contributed by atoms with Gasteiger partial charge in [0.1, 0.15) is 17.2 Å². The minimum absolute atomic E-state index is 0.174. The monoisotopic (exact) mass is 466 g/mol. The van der Waals surface area contributed by atoms with E-state index in [1.165, 1.54) is 0 Å². The Labute approximate surface area is 196 Å². The second-order valence-corrected chi connectivity index (χ2v) is 7.95. The maximum atomic E-state index is 12.9. The summed E-state index contributed by atoms with van der Waals surface area (Å²) in [5.41, 5.74) is 1.98. The number of hydrogen-bond acceptors (Lipinski definition) is 5. The lowest BCUT2D eigenvalue weighted by molar-refractivity contribution is -0.125. The van der Waals surface area contributed by atoms with Crippen LogP contribution < -0.4 is 24.4 Å². The van der Waals surface area contributed by atoms with Crippen molar-refractivity contribution in [1.82, 2.24) is 0 Å². The third kappa shape index (κ3) is 5.38. The van der Waals surface area contributed by atoms with E-state index < -0.39 is 6.10 Å². The molecule has 7 nitrogen and oxygen atoms in total. The number of carbonyl (C=O) groups excluding carboxylic acids is 2. The molecule has 170 valence electrons. The first kappa shape index (κ1) is 22.5. The summed E-state index contributed by atoms with van der Waals surface area (Å²) in [6.07, 6.45) is -0.617. The van der Waals surface area contributed by atoms with Crippen LogP contribution in [0.5, 0.6) is 17.2 Å². The van der Waals surface area contributed by atoms with Crippen molar-refractivity contribution in [2.24, 2.45) is 0 Å². The van der Waals surface area contributed by atoms with Crippen molar-refractivity contribution in [1.29, 1.82) is 0 Å². The Morgan fingerprint density at radius 3 is 2.67 bits per heavy atom. The Kier molecular flexibility index (Phi) is 6.70. The molecule has 0 fully saturated rings. The van der Waals surface area contributed by atoms with Crippen LogP contribution >= 0.6 is 11.6 Å². The summed E-state index contributed by atoms with van der Waals surface area (Å²) in [5, 5.41) is 3.40. The number of anilines is 2. The predicted octanol–water partition coefficient (Wildman–Crippen LogP) is 4.68. The standard InChI is InChI=1S/C25H23ClN2O5/c1-16-25(30)28(14-17-5-3-6-18(26)11-17)22-12-19(9-10-23(22)33-16)27-24(29)15-32-21-8-4-7-20(13-21)31-2/h3-13,16H,14-15H2,1-2H3,(H,27,29). The Morgan fingerprint density at radius 1 is 1.09 bits per heavy atom. The Morgan fingerprint density at radius 2 is 1.88 bits per heavy atom. The molecule has 0 aliphatic carbocycles. The van der Waals surface area contributed by atoms with Crippen LogP contribution in [0.25, 0.3) is 0 Å². The number of carbonyl (C=O) groups is 2. The number of hydrogen-bond donors (Lipinski definition) is 1. The van der Waals surface area contributed by atoms with E-state index in [1.54, 1.807) is 67.5 Å².